The number of rotatable bonds is 3. The Balaban J connectivity index is 2.28. The molecule has 0 spiro atoms. The summed E-state index contributed by atoms with van der Waals surface area (Å²) in [4.78, 5) is 27.6. The lowest BCUT2D eigenvalue weighted by molar-refractivity contribution is -0.0459. The third-order valence-corrected chi connectivity index (χ3v) is 3.32. The highest BCUT2D eigenvalue weighted by Gasteiger charge is 2.35. The molecule has 1 aliphatic heterocycles. The van der Waals surface area contributed by atoms with Crippen molar-refractivity contribution in [2.24, 2.45) is 0 Å². The molecule has 8 nitrogen and oxygen atoms in total. The predicted octanol–water partition coefficient (Wildman–Crippen LogP) is -1.76. The van der Waals surface area contributed by atoms with Gasteiger partial charge in [-0.1, -0.05) is 5.92 Å². The molecule has 0 radical (unpaired) electrons. The molecule has 2 rings (SSSR count). The summed E-state index contributed by atoms with van der Waals surface area (Å²) >= 11 is 0. The van der Waals surface area contributed by atoms with Gasteiger partial charge in [0.1, 0.15) is 12.3 Å². The molecular formula is C14H19N3O5. The van der Waals surface area contributed by atoms with E-state index in [1.807, 2.05) is 0 Å². The van der Waals surface area contributed by atoms with Crippen molar-refractivity contribution >= 4 is 0 Å². The Hall–Kier alpha value is -2.08. The van der Waals surface area contributed by atoms with Gasteiger partial charge in [-0.05, 0) is 0 Å². The van der Waals surface area contributed by atoms with E-state index >= 15 is 0 Å². The normalized spacial score (nSPS) is 23.9. The molecule has 0 bridgehead atoms. The van der Waals surface area contributed by atoms with E-state index < -0.39 is 29.7 Å². The van der Waals surface area contributed by atoms with Crippen molar-refractivity contribution in [3.05, 3.63) is 32.6 Å². The van der Waals surface area contributed by atoms with Crippen molar-refractivity contribution in [3.63, 3.8) is 0 Å². The van der Waals surface area contributed by atoms with Crippen molar-refractivity contribution in [1.82, 2.24) is 14.5 Å². The van der Waals surface area contributed by atoms with Gasteiger partial charge in [0.15, 0.2) is 0 Å². The number of nitrogens with one attached hydrogen (secondary N) is 1. The molecule has 0 aliphatic carbocycles. The molecule has 3 atom stereocenters. The molecule has 0 aromatic carbocycles. The minimum absolute atomic E-state index is 0.167. The fourth-order valence-electron chi connectivity index (χ4n) is 2.21. The van der Waals surface area contributed by atoms with Gasteiger partial charge in [-0.2, -0.15) is 0 Å². The van der Waals surface area contributed by atoms with Crippen LogP contribution in [0, 0.1) is 12.0 Å². The van der Waals surface area contributed by atoms with Gasteiger partial charge in [-0.25, -0.2) is 4.79 Å². The third kappa shape index (κ3) is 3.57. The van der Waals surface area contributed by atoms with Crippen molar-refractivity contribution in [2.75, 3.05) is 20.7 Å². The number of H-pyrrole nitrogens is 1. The molecule has 2 heterocycles. The first kappa shape index (κ1) is 16.3. The fraction of sp³-hybridized carbons (Fsp3) is 0.571. The monoisotopic (exact) mass is 309 g/mol. The lowest BCUT2D eigenvalue weighted by Crippen LogP contribution is -2.34. The van der Waals surface area contributed by atoms with Gasteiger partial charge >= 0.3 is 5.69 Å². The summed E-state index contributed by atoms with van der Waals surface area (Å²) in [5, 5.41) is 18.8. The zero-order valence-electron chi connectivity index (χ0n) is 12.4. The van der Waals surface area contributed by atoms with Crippen LogP contribution >= 0.6 is 0 Å². The topological polar surface area (TPSA) is 108 Å². The standard InChI is InChI=1S/C14H19N3O5/c1-16(2)5-3-4-9-7-17(14(21)15-13(9)20)12-6-10(19)11(8-18)22-12/h7,10-12,18-19H,4,6,8H2,1-2H3,(H,15,20,21)/t10-,11+,12+/m0/s1. The van der Waals surface area contributed by atoms with Gasteiger partial charge in [0.25, 0.3) is 5.56 Å². The molecule has 22 heavy (non-hydrogen) atoms. The van der Waals surface area contributed by atoms with Crippen LogP contribution in [0.1, 0.15) is 18.2 Å². The number of aromatic amines is 1. The van der Waals surface area contributed by atoms with Crippen LogP contribution in [0.2, 0.25) is 0 Å². The van der Waals surface area contributed by atoms with E-state index in [1.54, 1.807) is 19.0 Å². The number of nitrogens with zero attached hydrogens (tertiary/aromatic N) is 2. The summed E-state index contributed by atoms with van der Waals surface area (Å²) < 4.78 is 6.64. The number of hydrogen-bond acceptors (Lipinski definition) is 6. The summed E-state index contributed by atoms with van der Waals surface area (Å²) in [7, 11) is 3.56. The SMILES string of the molecule is CN(C)C#CCc1cn([C@H]2C[C@H](O)[C@@H](CO)O2)c(=O)[nH]c1=O. The van der Waals surface area contributed by atoms with Crippen LogP contribution in [0.4, 0.5) is 0 Å². The van der Waals surface area contributed by atoms with Gasteiger partial charge in [-0.15, -0.1) is 0 Å². The molecule has 3 N–H and O–H groups in total. The second kappa shape index (κ2) is 6.79. The Labute approximate surface area is 127 Å². The van der Waals surface area contributed by atoms with Crippen LogP contribution in [0.5, 0.6) is 0 Å². The number of ether oxygens (including phenoxy) is 1. The van der Waals surface area contributed by atoms with E-state index in [0.29, 0.717) is 5.56 Å². The van der Waals surface area contributed by atoms with Gasteiger partial charge in [0, 0.05) is 44.7 Å². The van der Waals surface area contributed by atoms with Crippen LogP contribution in [-0.2, 0) is 11.2 Å². The van der Waals surface area contributed by atoms with Crippen molar-refractivity contribution in [3.8, 4) is 12.0 Å². The zero-order valence-corrected chi connectivity index (χ0v) is 12.4. The summed E-state index contributed by atoms with van der Waals surface area (Å²) in [6.45, 7) is -0.336. The van der Waals surface area contributed by atoms with Crippen molar-refractivity contribution < 1.29 is 14.9 Å². The molecule has 1 aromatic heterocycles. The molecule has 0 saturated carbocycles. The van der Waals surface area contributed by atoms with E-state index in [9.17, 15) is 14.7 Å². The van der Waals surface area contributed by atoms with E-state index in [2.05, 4.69) is 16.9 Å². The van der Waals surface area contributed by atoms with Crippen LogP contribution in [0.3, 0.4) is 0 Å². The Morgan fingerprint density at radius 3 is 2.82 bits per heavy atom. The number of hydrogen-bond donors (Lipinski definition) is 3. The lowest BCUT2D eigenvalue weighted by atomic mass is 10.2. The van der Waals surface area contributed by atoms with Gasteiger partial charge in [-0.3, -0.25) is 14.3 Å². The largest absolute Gasteiger partial charge is 0.394 e. The molecule has 1 aliphatic rings. The molecule has 1 fully saturated rings. The average molecular weight is 309 g/mol. The summed E-state index contributed by atoms with van der Waals surface area (Å²) in [5.41, 5.74) is -0.781. The van der Waals surface area contributed by atoms with E-state index in [4.69, 9.17) is 9.84 Å². The maximum atomic E-state index is 11.9. The van der Waals surface area contributed by atoms with E-state index in [-0.39, 0.29) is 19.4 Å². The van der Waals surface area contributed by atoms with Crippen LogP contribution in [0.15, 0.2) is 15.8 Å². The first-order chi connectivity index (χ1) is 10.4. The molecule has 1 saturated heterocycles. The second-order valence-corrected chi connectivity index (χ2v) is 5.30. The van der Waals surface area contributed by atoms with Gasteiger partial charge < -0.3 is 19.8 Å². The average Bonchev–Trinajstić information content (AvgIpc) is 2.81. The zero-order chi connectivity index (χ0) is 16.3. The highest BCUT2D eigenvalue weighted by atomic mass is 16.5. The third-order valence-electron chi connectivity index (χ3n) is 3.32. The Morgan fingerprint density at radius 2 is 2.23 bits per heavy atom. The Bertz CT molecular complexity index is 697. The minimum Gasteiger partial charge on any atom is -0.394 e. The van der Waals surface area contributed by atoms with Gasteiger partial charge in [0.2, 0.25) is 0 Å². The summed E-state index contributed by atoms with van der Waals surface area (Å²) in [5.74, 6) is 2.82. The lowest BCUT2D eigenvalue weighted by Gasteiger charge is -2.14. The summed E-state index contributed by atoms with van der Waals surface area (Å²) in [6.07, 6.45) is -0.571. The summed E-state index contributed by atoms with van der Waals surface area (Å²) in [6, 6.07) is 2.79. The molecule has 120 valence electrons. The highest BCUT2D eigenvalue weighted by molar-refractivity contribution is 5.14. The van der Waals surface area contributed by atoms with Crippen LogP contribution in [-0.4, -0.2) is 57.6 Å². The maximum Gasteiger partial charge on any atom is 0.330 e. The van der Waals surface area contributed by atoms with Crippen LogP contribution < -0.4 is 11.2 Å². The molecular weight excluding hydrogens is 290 g/mol. The van der Waals surface area contributed by atoms with E-state index in [0.717, 1.165) is 0 Å². The minimum atomic E-state index is -0.856. The first-order valence-corrected chi connectivity index (χ1v) is 6.87. The molecule has 0 unspecified atom stereocenters. The fourth-order valence-corrected chi connectivity index (χ4v) is 2.21. The Kier molecular flexibility index (Phi) is 5.03. The number of aliphatic hydroxyl groups excluding tert-OH is 2. The second-order valence-electron chi connectivity index (χ2n) is 5.30. The van der Waals surface area contributed by atoms with Gasteiger partial charge in [0.05, 0.1) is 12.7 Å². The molecule has 1 aromatic rings. The van der Waals surface area contributed by atoms with Crippen molar-refractivity contribution in [2.45, 2.75) is 31.3 Å². The predicted molar refractivity (Wildman–Crippen MR) is 78.1 cm³/mol. The molecule has 0 amide bonds. The maximum absolute atomic E-state index is 11.9. The quantitative estimate of drug-likeness (QED) is 0.451. The smallest absolute Gasteiger partial charge is 0.330 e. The Morgan fingerprint density at radius 1 is 1.50 bits per heavy atom. The molecule has 8 heteroatoms. The van der Waals surface area contributed by atoms with Crippen molar-refractivity contribution in [1.29, 1.82) is 0 Å². The number of aromatic nitrogens is 2. The van der Waals surface area contributed by atoms with E-state index in [1.165, 1.54) is 10.8 Å². The highest BCUT2D eigenvalue weighted by Crippen LogP contribution is 2.27. The first-order valence-electron chi connectivity index (χ1n) is 6.87. The van der Waals surface area contributed by atoms with Crippen LogP contribution in [0.25, 0.3) is 0 Å². The number of aliphatic hydroxyl groups is 2.